The van der Waals surface area contributed by atoms with Crippen LogP contribution >= 0.6 is 0 Å². The Bertz CT molecular complexity index is 791. The van der Waals surface area contributed by atoms with E-state index in [4.69, 9.17) is 0 Å². The molecule has 0 spiro atoms. The third kappa shape index (κ3) is 3.89. The molecular weight excluding hydrogens is 352 g/mol. The molecule has 1 saturated heterocycles. The number of piperidine rings is 1. The van der Waals surface area contributed by atoms with E-state index < -0.39 is 0 Å². The minimum atomic E-state index is -0.0178. The average molecular weight is 380 g/mol. The lowest BCUT2D eigenvalue weighted by Gasteiger charge is -2.37. The van der Waals surface area contributed by atoms with Gasteiger partial charge in [-0.2, -0.15) is 0 Å². The number of amides is 2. The number of nitrogens with zero attached hydrogens (tertiary/aromatic N) is 2. The highest BCUT2D eigenvalue weighted by Gasteiger charge is 2.32. The Kier molecular flexibility index (Phi) is 5.60. The van der Waals surface area contributed by atoms with Gasteiger partial charge in [0.1, 0.15) is 6.54 Å². The van der Waals surface area contributed by atoms with Gasteiger partial charge in [0.15, 0.2) is 5.78 Å². The third-order valence-electron chi connectivity index (χ3n) is 6.39. The monoisotopic (exact) mass is 380 g/mol. The van der Waals surface area contributed by atoms with Gasteiger partial charge in [-0.25, -0.2) is 0 Å². The molecule has 28 heavy (non-hydrogen) atoms. The highest BCUT2D eigenvalue weighted by molar-refractivity contribution is 5.98. The summed E-state index contributed by atoms with van der Waals surface area (Å²) >= 11 is 0. The van der Waals surface area contributed by atoms with Crippen molar-refractivity contribution in [3.05, 3.63) is 47.2 Å². The maximum atomic E-state index is 12.9. The molecule has 4 rings (SSSR count). The first-order valence-corrected chi connectivity index (χ1v) is 10.5. The van der Waals surface area contributed by atoms with Crippen molar-refractivity contribution in [3.8, 4) is 0 Å². The summed E-state index contributed by atoms with van der Waals surface area (Å²) in [7, 11) is 0. The van der Waals surface area contributed by atoms with Crippen molar-refractivity contribution >= 4 is 17.6 Å². The molecule has 0 N–H and O–H groups in total. The van der Waals surface area contributed by atoms with E-state index in [1.165, 1.54) is 12.0 Å². The first-order valence-electron chi connectivity index (χ1n) is 10.5. The minimum absolute atomic E-state index is 0.0123. The van der Waals surface area contributed by atoms with Gasteiger partial charge >= 0.3 is 0 Å². The second kappa shape index (κ2) is 8.29. The maximum Gasteiger partial charge on any atom is 0.242 e. The fraction of sp³-hybridized carbons (Fsp3) is 0.522. The third-order valence-corrected chi connectivity index (χ3v) is 6.39. The molecule has 2 aliphatic heterocycles. The van der Waals surface area contributed by atoms with Gasteiger partial charge in [-0.3, -0.25) is 14.4 Å². The predicted molar refractivity (Wildman–Crippen MR) is 107 cm³/mol. The number of hydrogen-bond donors (Lipinski definition) is 0. The summed E-state index contributed by atoms with van der Waals surface area (Å²) in [5.74, 6) is 0.257. The van der Waals surface area contributed by atoms with E-state index in [9.17, 15) is 14.4 Å². The largest absolute Gasteiger partial charge is 0.341 e. The SMILES string of the molecule is O=C(c1ccccc1)C1CCN(C(=O)CN2C(=O)CCC3=C2CCCC3)CC1. The van der Waals surface area contributed by atoms with Gasteiger partial charge in [0.2, 0.25) is 11.8 Å². The molecule has 2 heterocycles. The quantitative estimate of drug-likeness (QED) is 0.751. The van der Waals surface area contributed by atoms with E-state index in [-0.39, 0.29) is 30.1 Å². The van der Waals surface area contributed by atoms with Crippen LogP contribution in [0.1, 0.15) is 61.7 Å². The van der Waals surface area contributed by atoms with Crippen molar-refractivity contribution < 1.29 is 14.4 Å². The first kappa shape index (κ1) is 18.9. The predicted octanol–water partition coefficient (Wildman–Crippen LogP) is 3.56. The van der Waals surface area contributed by atoms with Crippen LogP contribution in [-0.2, 0) is 9.59 Å². The fourth-order valence-electron chi connectivity index (χ4n) is 4.74. The number of likely N-dealkylation sites (tertiary alicyclic amines) is 1. The molecule has 0 radical (unpaired) electrons. The molecule has 0 unspecified atom stereocenters. The zero-order valence-corrected chi connectivity index (χ0v) is 16.4. The molecule has 1 aromatic rings. The Morgan fingerprint density at radius 1 is 0.929 bits per heavy atom. The number of carbonyl (C=O) groups excluding carboxylic acids is 3. The average Bonchev–Trinajstić information content (AvgIpc) is 2.76. The summed E-state index contributed by atoms with van der Waals surface area (Å²) in [6, 6.07) is 9.40. The van der Waals surface area contributed by atoms with Crippen LogP contribution in [0.3, 0.4) is 0 Å². The molecule has 148 valence electrons. The summed E-state index contributed by atoms with van der Waals surface area (Å²) in [6.45, 7) is 1.35. The van der Waals surface area contributed by atoms with Gasteiger partial charge in [-0.15, -0.1) is 0 Å². The van der Waals surface area contributed by atoms with E-state index in [1.807, 2.05) is 35.2 Å². The van der Waals surface area contributed by atoms with Crippen LogP contribution in [0.25, 0.3) is 0 Å². The lowest BCUT2D eigenvalue weighted by Crippen LogP contribution is -2.47. The molecule has 1 aromatic carbocycles. The van der Waals surface area contributed by atoms with Crippen LogP contribution in [-0.4, -0.2) is 47.0 Å². The fourth-order valence-corrected chi connectivity index (χ4v) is 4.74. The second-order valence-electron chi connectivity index (χ2n) is 8.12. The highest BCUT2D eigenvalue weighted by atomic mass is 16.2. The molecule has 1 aliphatic carbocycles. The number of ketones is 1. The number of carbonyl (C=O) groups is 3. The highest BCUT2D eigenvalue weighted by Crippen LogP contribution is 2.34. The Balaban J connectivity index is 1.35. The first-order chi connectivity index (χ1) is 13.6. The molecule has 0 atom stereocenters. The summed E-state index contributed by atoms with van der Waals surface area (Å²) in [5, 5.41) is 0. The topological polar surface area (TPSA) is 57.7 Å². The van der Waals surface area contributed by atoms with Crippen molar-refractivity contribution in [1.29, 1.82) is 0 Å². The maximum absolute atomic E-state index is 12.9. The summed E-state index contributed by atoms with van der Waals surface area (Å²) < 4.78 is 0. The van der Waals surface area contributed by atoms with Crippen LogP contribution < -0.4 is 0 Å². The molecule has 5 heteroatoms. The Morgan fingerprint density at radius 3 is 2.39 bits per heavy atom. The number of allylic oxidation sites excluding steroid dienone is 2. The van der Waals surface area contributed by atoms with Gasteiger partial charge in [-0.05, 0) is 44.9 Å². The zero-order chi connectivity index (χ0) is 19.5. The minimum Gasteiger partial charge on any atom is -0.341 e. The van der Waals surface area contributed by atoms with Gasteiger partial charge in [0.25, 0.3) is 0 Å². The Labute approximate surface area is 166 Å². The van der Waals surface area contributed by atoms with Gasteiger partial charge in [-0.1, -0.05) is 35.9 Å². The number of hydrogen-bond acceptors (Lipinski definition) is 3. The van der Waals surface area contributed by atoms with Gasteiger partial charge in [0, 0.05) is 36.7 Å². The number of rotatable bonds is 4. The van der Waals surface area contributed by atoms with E-state index in [0.717, 1.165) is 36.9 Å². The van der Waals surface area contributed by atoms with E-state index in [0.29, 0.717) is 32.4 Å². The summed E-state index contributed by atoms with van der Waals surface area (Å²) in [4.78, 5) is 41.5. The van der Waals surface area contributed by atoms with Crippen molar-refractivity contribution in [3.63, 3.8) is 0 Å². The molecule has 5 nitrogen and oxygen atoms in total. The molecular formula is C23H28N2O3. The number of benzene rings is 1. The van der Waals surface area contributed by atoms with Crippen LogP contribution in [0, 0.1) is 5.92 Å². The van der Waals surface area contributed by atoms with Crippen LogP contribution in [0.2, 0.25) is 0 Å². The molecule has 3 aliphatic rings. The van der Waals surface area contributed by atoms with E-state index in [1.54, 1.807) is 4.90 Å². The summed E-state index contributed by atoms with van der Waals surface area (Å²) in [5.41, 5.74) is 3.25. The molecule has 2 amide bonds. The molecule has 1 fully saturated rings. The van der Waals surface area contributed by atoms with Crippen LogP contribution in [0.15, 0.2) is 41.6 Å². The standard InChI is InChI=1S/C23H28N2O3/c26-21-11-10-17-6-4-5-9-20(17)25(21)16-22(27)24-14-12-19(13-15-24)23(28)18-7-2-1-3-8-18/h1-3,7-8,19H,4-6,9-16H2. The van der Waals surface area contributed by atoms with Crippen molar-refractivity contribution in [1.82, 2.24) is 9.80 Å². The summed E-state index contributed by atoms with van der Waals surface area (Å²) in [6.07, 6.45) is 7.07. The van der Waals surface area contributed by atoms with Crippen LogP contribution in [0.5, 0.6) is 0 Å². The van der Waals surface area contributed by atoms with E-state index >= 15 is 0 Å². The normalized spacial score (nSPS) is 20.9. The van der Waals surface area contributed by atoms with Gasteiger partial charge in [0.05, 0.1) is 0 Å². The number of Topliss-reactive ketones (excluding diaryl/α,β-unsaturated/α-hetero) is 1. The van der Waals surface area contributed by atoms with Gasteiger partial charge < -0.3 is 9.80 Å². The Morgan fingerprint density at radius 2 is 1.64 bits per heavy atom. The Hall–Kier alpha value is -2.43. The zero-order valence-electron chi connectivity index (χ0n) is 16.4. The smallest absolute Gasteiger partial charge is 0.242 e. The lowest BCUT2D eigenvalue weighted by atomic mass is 9.88. The van der Waals surface area contributed by atoms with Crippen LogP contribution in [0.4, 0.5) is 0 Å². The van der Waals surface area contributed by atoms with E-state index in [2.05, 4.69) is 0 Å². The second-order valence-corrected chi connectivity index (χ2v) is 8.12. The van der Waals surface area contributed by atoms with Crippen molar-refractivity contribution in [2.45, 2.75) is 51.4 Å². The van der Waals surface area contributed by atoms with Crippen molar-refractivity contribution in [2.75, 3.05) is 19.6 Å². The molecule has 0 bridgehead atoms. The van der Waals surface area contributed by atoms with Crippen molar-refractivity contribution in [2.24, 2.45) is 5.92 Å². The molecule has 0 aromatic heterocycles. The lowest BCUT2D eigenvalue weighted by molar-refractivity contribution is -0.140. The molecule has 0 saturated carbocycles.